The Kier molecular flexibility index (Phi) is 6.74. The molecule has 0 saturated heterocycles. The van der Waals surface area contributed by atoms with Gasteiger partial charge in [0, 0.05) is 17.6 Å². The van der Waals surface area contributed by atoms with Crippen molar-refractivity contribution in [1.29, 1.82) is 0 Å². The van der Waals surface area contributed by atoms with E-state index in [1.165, 1.54) is 22.3 Å². The molecule has 2 aromatic rings. The number of rotatable bonds is 7. The van der Waals surface area contributed by atoms with Crippen molar-refractivity contribution in [3.63, 3.8) is 0 Å². The van der Waals surface area contributed by atoms with E-state index in [4.69, 9.17) is 4.74 Å². The number of aryl methyl sites for hydroxylation is 1. The molecule has 0 amide bonds. The summed E-state index contributed by atoms with van der Waals surface area (Å²) in [5, 5.41) is 3.67. The van der Waals surface area contributed by atoms with E-state index in [1.807, 2.05) is 0 Å². The van der Waals surface area contributed by atoms with Gasteiger partial charge in [-0.3, -0.25) is 0 Å². The minimum atomic E-state index is 0.250. The van der Waals surface area contributed by atoms with Gasteiger partial charge in [-0.25, -0.2) is 0 Å². The maximum Gasteiger partial charge on any atom is 0.119 e. The Bertz CT molecular complexity index is 723. The van der Waals surface area contributed by atoms with Gasteiger partial charge in [0.2, 0.25) is 0 Å². The van der Waals surface area contributed by atoms with Gasteiger partial charge >= 0.3 is 0 Å². The van der Waals surface area contributed by atoms with E-state index in [9.17, 15) is 0 Å². The van der Waals surface area contributed by atoms with Crippen LogP contribution < -0.4 is 10.1 Å². The number of ether oxygens (including phenoxy) is 1. The van der Waals surface area contributed by atoms with Crippen LogP contribution >= 0.6 is 15.9 Å². The first-order valence-electron chi connectivity index (χ1n) is 9.59. The third-order valence-electron chi connectivity index (χ3n) is 5.14. The molecule has 1 atom stereocenters. The van der Waals surface area contributed by atoms with Crippen molar-refractivity contribution < 1.29 is 4.74 Å². The molecule has 1 aliphatic rings. The van der Waals surface area contributed by atoms with Crippen LogP contribution in [0.15, 0.2) is 40.9 Å². The molecule has 2 aromatic carbocycles. The highest BCUT2D eigenvalue weighted by molar-refractivity contribution is 9.10. The lowest BCUT2D eigenvalue weighted by Crippen LogP contribution is -2.30. The second kappa shape index (κ2) is 9.03. The van der Waals surface area contributed by atoms with E-state index < -0.39 is 0 Å². The van der Waals surface area contributed by atoms with Crippen molar-refractivity contribution in [3.8, 4) is 5.75 Å². The molecule has 1 aliphatic heterocycles. The summed E-state index contributed by atoms with van der Waals surface area (Å²) in [5.74, 6) is 0.988. The monoisotopic (exact) mass is 416 g/mol. The molecule has 0 fully saturated rings. The van der Waals surface area contributed by atoms with Crippen molar-refractivity contribution in [2.75, 3.05) is 32.8 Å². The van der Waals surface area contributed by atoms with Crippen molar-refractivity contribution in [2.45, 2.75) is 33.2 Å². The average molecular weight is 417 g/mol. The zero-order valence-corrected chi connectivity index (χ0v) is 17.6. The molecule has 0 bridgehead atoms. The minimum Gasteiger partial charge on any atom is -0.492 e. The maximum atomic E-state index is 6.02. The Hall–Kier alpha value is -1.36. The van der Waals surface area contributed by atoms with Crippen LogP contribution in [-0.4, -0.2) is 37.7 Å². The summed E-state index contributed by atoms with van der Waals surface area (Å²) >= 11 is 3.63. The van der Waals surface area contributed by atoms with Crippen LogP contribution in [0, 0.1) is 6.92 Å². The topological polar surface area (TPSA) is 24.5 Å². The van der Waals surface area contributed by atoms with Gasteiger partial charge in [0.05, 0.1) is 6.04 Å². The summed E-state index contributed by atoms with van der Waals surface area (Å²) in [5.41, 5.74) is 5.35. The average Bonchev–Trinajstić information content (AvgIpc) is 2.64. The zero-order valence-electron chi connectivity index (χ0n) is 16.0. The summed E-state index contributed by atoms with van der Waals surface area (Å²) in [6.07, 6.45) is 1.05. The first kappa shape index (κ1) is 19.4. The molecule has 1 heterocycles. The Labute approximate surface area is 165 Å². The summed E-state index contributed by atoms with van der Waals surface area (Å²) in [6, 6.07) is 13.5. The van der Waals surface area contributed by atoms with Crippen LogP contribution in [-0.2, 0) is 6.42 Å². The van der Waals surface area contributed by atoms with Gasteiger partial charge in [0.25, 0.3) is 0 Å². The first-order valence-corrected chi connectivity index (χ1v) is 10.4. The summed E-state index contributed by atoms with van der Waals surface area (Å²) in [4.78, 5) is 2.38. The summed E-state index contributed by atoms with van der Waals surface area (Å²) in [6.45, 7) is 11.4. The fourth-order valence-electron chi connectivity index (χ4n) is 3.69. The third-order valence-corrected chi connectivity index (χ3v) is 5.59. The van der Waals surface area contributed by atoms with Crippen molar-refractivity contribution in [2.24, 2.45) is 0 Å². The molecule has 1 unspecified atom stereocenters. The van der Waals surface area contributed by atoms with Crippen LogP contribution in [0.25, 0.3) is 0 Å². The molecule has 4 heteroatoms. The molecule has 0 aliphatic carbocycles. The Balaban J connectivity index is 1.75. The van der Waals surface area contributed by atoms with Crippen molar-refractivity contribution in [1.82, 2.24) is 10.2 Å². The molecule has 0 aromatic heterocycles. The standard InChI is InChI=1S/C22H29BrN2O/c1-4-25(5-2)10-11-26-20-6-7-21-17(15-20)8-9-24-22(21)18-12-16(3)13-19(23)14-18/h6-7,12-15,22,24H,4-5,8-11H2,1-3H3. The van der Waals surface area contributed by atoms with E-state index in [1.54, 1.807) is 0 Å². The first-order chi connectivity index (χ1) is 12.6. The van der Waals surface area contributed by atoms with Gasteiger partial charge in [0.1, 0.15) is 12.4 Å². The highest BCUT2D eigenvalue weighted by Gasteiger charge is 2.22. The van der Waals surface area contributed by atoms with E-state index >= 15 is 0 Å². The Morgan fingerprint density at radius 2 is 1.96 bits per heavy atom. The number of benzene rings is 2. The van der Waals surface area contributed by atoms with E-state index in [2.05, 4.69) is 83.3 Å². The fraction of sp³-hybridized carbons (Fsp3) is 0.455. The third kappa shape index (κ3) is 4.67. The molecule has 3 rings (SSSR count). The van der Waals surface area contributed by atoms with Gasteiger partial charge in [-0.05, 0) is 73.0 Å². The normalized spacial score (nSPS) is 16.6. The van der Waals surface area contributed by atoms with E-state index in [-0.39, 0.29) is 6.04 Å². The summed E-state index contributed by atoms with van der Waals surface area (Å²) in [7, 11) is 0. The van der Waals surface area contributed by atoms with Gasteiger partial charge in [0.15, 0.2) is 0 Å². The molecule has 0 radical (unpaired) electrons. The molecule has 0 saturated carbocycles. The van der Waals surface area contributed by atoms with Gasteiger partial charge in [-0.15, -0.1) is 0 Å². The zero-order chi connectivity index (χ0) is 18.5. The molecule has 3 nitrogen and oxygen atoms in total. The predicted octanol–water partition coefficient (Wildman–Crippen LogP) is 4.71. The molecule has 1 N–H and O–H groups in total. The minimum absolute atomic E-state index is 0.250. The predicted molar refractivity (Wildman–Crippen MR) is 112 cm³/mol. The maximum absolute atomic E-state index is 6.02. The molecular formula is C22H29BrN2O. The Morgan fingerprint density at radius 1 is 1.15 bits per heavy atom. The van der Waals surface area contributed by atoms with E-state index in [0.717, 1.165) is 49.4 Å². The van der Waals surface area contributed by atoms with Gasteiger partial charge in [-0.2, -0.15) is 0 Å². The largest absolute Gasteiger partial charge is 0.492 e. The lowest BCUT2D eigenvalue weighted by atomic mass is 9.89. The fourth-order valence-corrected chi connectivity index (χ4v) is 4.32. The molecule has 0 spiro atoms. The van der Waals surface area contributed by atoms with E-state index in [0.29, 0.717) is 0 Å². The van der Waals surface area contributed by atoms with Crippen LogP contribution in [0.4, 0.5) is 0 Å². The highest BCUT2D eigenvalue weighted by Crippen LogP contribution is 2.32. The number of nitrogens with zero attached hydrogens (tertiary/aromatic N) is 1. The number of fused-ring (bicyclic) bond motifs is 1. The lowest BCUT2D eigenvalue weighted by Gasteiger charge is -2.28. The van der Waals surface area contributed by atoms with Crippen molar-refractivity contribution >= 4 is 15.9 Å². The number of hydrogen-bond acceptors (Lipinski definition) is 3. The van der Waals surface area contributed by atoms with Crippen LogP contribution in [0.1, 0.15) is 42.1 Å². The van der Waals surface area contributed by atoms with Crippen molar-refractivity contribution in [3.05, 3.63) is 63.1 Å². The second-order valence-corrected chi connectivity index (χ2v) is 7.85. The number of hydrogen-bond donors (Lipinski definition) is 1. The molecular weight excluding hydrogens is 388 g/mol. The SMILES string of the molecule is CCN(CC)CCOc1ccc2c(c1)CCNC2c1cc(C)cc(Br)c1. The van der Waals surface area contributed by atoms with Crippen LogP contribution in [0.2, 0.25) is 0 Å². The van der Waals surface area contributed by atoms with Gasteiger partial charge in [-0.1, -0.05) is 41.9 Å². The van der Waals surface area contributed by atoms with Crippen LogP contribution in [0.3, 0.4) is 0 Å². The Morgan fingerprint density at radius 3 is 2.69 bits per heavy atom. The quantitative estimate of drug-likeness (QED) is 0.706. The van der Waals surface area contributed by atoms with Gasteiger partial charge < -0.3 is 15.0 Å². The summed E-state index contributed by atoms with van der Waals surface area (Å²) < 4.78 is 7.15. The number of halogens is 1. The molecule has 140 valence electrons. The highest BCUT2D eigenvalue weighted by atomic mass is 79.9. The lowest BCUT2D eigenvalue weighted by molar-refractivity contribution is 0.222. The van der Waals surface area contributed by atoms with Crippen LogP contribution in [0.5, 0.6) is 5.75 Å². The molecule has 26 heavy (non-hydrogen) atoms. The number of nitrogens with one attached hydrogen (secondary N) is 1. The number of likely N-dealkylation sites (N-methyl/N-ethyl adjacent to an activating group) is 1. The second-order valence-electron chi connectivity index (χ2n) is 6.94. The smallest absolute Gasteiger partial charge is 0.119 e.